The fourth-order valence-corrected chi connectivity index (χ4v) is 8.66. The highest BCUT2D eigenvalue weighted by Crippen LogP contribution is 2.48. The van der Waals surface area contributed by atoms with Crippen molar-refractivity contribution in [2.24, 2.45) is 10.7 Å². The van der Waals surface area contributed by atoms with E-state index in [-0.39, 0.29) is 42.8 Å². The van der Waals surface area contributed by atoms with Gasteiger partial charge in [-0.15, -0.1) is 0 Å². The Hall–Kier alpha value is -8.33. The average Bonchev–Trinajstić information content (AvgIpc) is 3.78. The Morgan fingerprint density at radius 2 is 1.38 bits per heavy atom. The predicted molar refractivity (Wildman–Crippen MR) is 286 cm³/mol. The molecule has 0 unspecified atom stereocenters. The molecule has 0 spiro atoms. The number of hydrogen-bond donors (Lipinski definition) is 9. The molecule has 0 radical (unpaired) electrons. The number of carbonyl (C=O) groups excluding carboxylic acids is 5. The highest BCUT2D eigenvalue weighted by Gasteiger charge is 2.32. The summed E-state index contributed by atoms with van der Waals surface area (Å²) >= 11 is 5.51. The molecule has 1 aromatic heterocycles. The number of carboxylic acid groups (broad SMARTS) is 2. The Balaban J connectivity index is 1.06. The number of fused-ring (bicyclic) bond motifs is 3. The molecule has 0 fully saturated rings. The molecule has 2 aliphatic rings. The van der Waals surface area contributed by atoms with Crippen LogP contribution < -0.4 is 46.9 Å². The molecule has 0 bridgehead atoms. The van der Waals surface area contributed by atoms with Crippen molar-refractivity contribution in [2.75, 3.05) is 51.6 Å². The molecule has 3 aromatic carbocycles. The Bertz CT molecular complexity index is 2900. The summed E-state index contributed by atoms with van der Waals surface area (Å²) in [5.41, 5.74) is 11.7. The predicted octanol–water partition coefficient (Wildman–Crippen LogP) is 4.24. The third kappa shape index (κ3) is 14.4. The summed E-state index contributed by atoms with van der Waals surface area (Å²) in [6, 6.07) is 15.1. The molecule has 0 saturated heterocycles. The van der Waals surface area contributed by atoms with Crippen LogP contribution in [0.2, 0.25) is 0 Å². The first kappa shape index (κ1) is 55.0. The van der Waals surface area contributed by atoms with Gasteiger partial charge in [0.15, 0.2) is 5.11 Å². The van der Waals surface area contributed by atoms with Gasteiger partial charge >= 0.3 is 11.9 Å². The molecular formula is C53H62N10O10S. The van der Waals surface area contributed by atoms with Crippen molar-refractivity contribution in [2.45, 2.75) is 75.9 Å². The monoisotopic (exact) mass is 1030 g/mol. The van der Waals surface area contributed by atoms with Crippen molar-refractivity contribution >= 4 is 92.4 Å². The number of aromatic amines is 1. The van der Waals surface area contributed by atoms with Crippen molar-refractivity contribution in [3.8, 4) is 11.5 Å². The number of nitrogens with two attached hydrogens (primary N) is 1. The summed E-state index contributed by atoms with van der Waals surface area (Å²) in [6.07, 6.45) is 7.09. The quantitative estimate of drug-likeness (QED) is 0.0327. The van der Waals surface area contributed by atoms with E-state index in [4.69, 9.17) is 22.7 Å². The standard InChI is InChI=1S/C53H62N10O10S/c1-55-49(68)40(21-23-47(66)67)60-51(70)42(25-30-29-57-39-12-9-8-11-34(30)39)61-50(69)41(20-22-45(54)64)59-46(65)13-7-6-10-24-56-53(74)58-31-14-17-35(38(26-31)52(71)72)48-36-18-15-32(62(2)3)27-43(36)73-44-28-33(63(4)5)16-19-37(44)48/h8-9,11-12,14-19,26-29,40-42,57H,6-7,10,13,20-25H2,1-5H3,(H2,54,64)(H,55,68)(H,56,74)(H,59,65)(H,60,70)(H,61,69)(H,66,67)(H,71,72)/b58-31-/t40-,41-,42-/m0/s1. The van der Waals surface area contributed by atoms with Crippen molar-refractivity contribution in [3.63, 3.8) is 0 Å². The Morgan fingerprint density at radius 3 is 2.00 bits per heavy atom. The molecule has 4 aromatic rings. The van der Waals surface area contributed by atoms with E-state index in [9.17, 15) is 43.8 Å². The van der Waals surface area contributed by atoms with E-state index in [1.54, 1.807) is 18.3 Å². The summed E-state index contributed by atoms with van der Waals surface area (Å²) in [6.45, 7) is 0.393. The van der Waals surface area contributed by atoms with Crippen LogP contribution in [-0.2, 0) is 40.0 Å². The van der Waals surface area contributed by atoms with E-state index >= 15 is 0 Å². The van der Waals surface area contributed by atoms with Crippen molar-refractivity contribution in [3.05, 3.63) is 113 Å². The molecule has 10 N–H and O–H groups in total. The third-order valence-electron chi connectivity index (χ3n) is 12.4. The van der Waals surface area contributed by atoms with Crippen molar-refractivity contribution in [1.29, 1.82) is 0 Å². The van der Waals surface area contributed by atoms with Gasteiger partial charge in [0.2, 0.25) is 29.5 Å². The number of anilines is 2. The van der Waals surface area contributed by atoms with Crippen LogP contribution in [0.5, 0.6) is 11.5 Å². The fraction of sp³-hybridized carbons (Fsp3) is 0.340. The van der Waals surface area contributed by atoms with Gasteiger partial charge in [0.05, 0.1) is 11.3 Å². The molecule has 6 rings (SSSR count). The van der Waals surface area contributed by atoms with Gasteiger partial charge in [0.1, 0.15) is 29.6 Å². The van der Waals surface area contributed by atoms with Crippen LogP contribution >= 0.6 is 12.2 Å². The topological polar surface area (TPSA) is 290 Å². The number of aliphatic carboxylic acids is 2. The largest absolute Gasteiger partial charge is 0.481 e. The zero-order chi connectivity index (χ0) is 53.6. The number of amides is 5. The normalized spacial score (nSPS) is 14.3. The number of allylic oxidation sites excluding steroid dienone is 3. The fourth-order valence-electron chi connectivity index (χ4n) is 8.46. The number of carbonyl (C=O) groups is 7. The zero-order valence-electron chi connectivity index (χ0n) is 41.9. The number of para-hydroxylation sites is 1. The lowest BCUT2D eigenvalue weighted by atomic mass is 9.84. The SMILES string of the molecule is CNC(=O)[C@H](CCC(=O)O)NC(=O)[C@H](Cc1c[nH]c2ccccc12)NC(=O)[C@H](CCC(N)=O)NC(=O)CCCCCNC(=S)/N=C1/C=CC(=C2c3ccc(N(C)C)cc3Oc3cc(N(C)C)ccc32)C(C(=O)O)=C1. The van der Waals surface area contributed by atoms with Crippen molar-refractivity contribution < 1.29 is 48.5 Å². The van der Waals surface area contributed by atoms with Crippen LogP contribution in [0, 0.1) is 0 Å². The first-order valence-corrected chi connectivity index (χ1v) is 24.5. The number of carboxylic acids is 2. The minimum atomic E-state index is -1.29. The number of benzene rings is 3. The van der Waals surface area contributed by atoms with E-state index in [0.29, 0.717) is 59.7 Å². The van der Waals surface area contributed by atoms with Gasteiger partial charge in [-0.05, 0) is 91.5 Å². The number of hydrogen-bond acceptors (Lipinski definition) is 11. The molecule has 1 aliphatic heterocycles. The smallest absolute Gasteiger partial charge is 0.336 e. The summed E-state index contributed by atoms with van der Waals surface area (Å²) in [5.74, 6) is -4.50. The van der Waals surface area contributed by atoms with E-state index < -0.39 is 66.0 Å². The van der Waals surface area contributed by atoms with E-state index in [0.717, 1.165) is 33.4 Å². The second kappa shape index (κ2) is 25.4. The lowest BCUT2D eigenvalue weighted by molar-refractivity contribution is -0.138. The summed E-state index contributed by atoms with van der Waals surface area (Å²) < 4.78 is 6.42. The lowest BCUT2D eigenvalue weighted by Crippen LogP contribution is -2.57. The van der Waals surface area contributed by atoms with Crippen LogP contribution in [0.25, 0.3) is 16.5 Å². The molecule has 390 valence electrons. The van der Waals surface area contributed by atoms with Crippen LogP contribution in [0.1, 0.15) is 68.1 Å². The summed E-state index contributed by atoms with van der Waals surface area (Å²) in [4.78, 5) is 101. The molecule has 5 amide bonds. The molecule has 0 saturated carbocycles. The number of H-pyrrole nitrogens is 1. The number of ether oxygens (including phenoxy) is 1. The van der Waals surface area contributed by atoms with Gasteiger partial charge in [-0.2, -0.15) is 0 Å². The first-order valence-electron chi connectivity index (χ1n) is 24.1. The third-order valence-corrected chi connectivity index (χ3v) is 12.6. The second-order valence-corrected chi connectivity index (χ2v) is 18.6. The molecule has 74 heavy (non-hydrogen) atoms. The van der Waals surface area contributed by atoms with Gasteiger partial charge in [-0.25, -0.2) is 9.79 Å². The Kier molecular flexibility index (Phi) is 18.8. The number of unbranched alkanes of at least 4 members (excludes halogenated alkanes) is 2. The molecule has 20 nitrogen and oxygen atoms in total. The maximum atomic E-state index is 13.9. The zero-order valence-corrected chi connectivity index (χ0v) is 42.7. The first-order chi connectivity index (χ1) is 35.3. The second-order valence-electron chi connectivity index (χ2n) is 18.2. The highest BCUT2D eigenvalue weighted by molar-refractivity contribution is 7.80. The number of thiocarbonyl (C=S) groups is 1. The number of likely N-dealkylation sites (N-methyl/N-ethyl adjacent to an activating group) is 1. The molecule has 21 heteroatoms. The number of aliphatic imine (C=N–C) groups is 1. The van der Waals surface area contributed by atoms with Crippen molar-refractivity contribution in [1.82, 2.24) is 31.6 Å². The number of aromatic nitrogens is 1. The molecule has 2 heterocycles. The van der Waals surface area contributed by atoms with Gasteiger partial charge in [0, 0.05) is 125 Å². The van der Waals surface area contributed by atoms with Crippen LogP contribution in [0.3, 0.4) is 0 Å². The summed E-state index contributed by atoms with van der Waals surface area (Å²) in [7, 11) is 9.07. The number of rotatable bonds is 23. The number of nitrogens with one attached hydrogen (secondary N) is 6. The van der Waals surface area contributed by atoms with Crippen LogP contribution in [0.4, 0.5) is 11.4 Å². The minimum absolute atomic E-state index is 0.0177. The molecule has 1 aliphatic carbocycles. The van der Waals surface area contributed by atoms with E-state index in [1.807, 2.05) is 98.7 Å². The maximum absolute atomic E-state index is 13.9. The summed E-state index contributed by atoms with van der Waals surface area (Å²) in [5, 5.41) is 34.1. The average molecular weight is 1030 g/mol. The Labute approximate surface area is 433 Å². The van der Waals surface area contributed by atoms with Gasteiger partial charge in [-0.1, -0.05) is 30.7 Å². The van der Waals surface area contributed by atoms with E-state index in [1.165, 1.54) is 13.1 Å². The lowest BCUT2D eigenvalue weighted by Gasteiger charge is -2.28. The number of primary amides is 1. The van der Waals surface area contributed by atoms with Gasteiger partial charge in [-0.3, -0.25) is 28.8 Å². The number of nitrogens with zero attached hydrogens (tertiary/aromatic N) is 3. The Morgan fingerprint density at radius 1 is 0.757 bits per heavy atom. The molecule has 3 atom stereocenters. The highest BCUT2D eigenvalue weighted by atomic mass is 32.1. The maximum Gasteiger partial charge on any atom is 0.336 e. The van der Waals surface area contributed by atoms with Gasteiger partial charge in [0.25, 0.3) is 0 Å². The van der Waals surface area contributed by atoms with Crippen LogP contribution in [0.15, 0.2) is 101 Å². The van der Waals surface area contributed by atoms with E-state index in [2.05, 4.69) is 36.6 Å². The minimum Gasteiger partial charge on any atom is -0.481 e. The van der Waals surface area contributed by atoms with Gasteiger partial charge < -0.3 is 62.1 Å². The van der Waals surface area contributed by atoms with Crippen LogP contribution in [-0.4, -0.2) is 127 Å². The molecular weight excluding hydrogens is 969 g/mol.